The summed E-state index contributed by atoms with van der Waals surface area (Å²) in [7, 11) is 2.15. The Hall–Kier alpha value is 0.0549. The van der Waals surface area contributed by atoms with Crippen LogP contribution < -0.4 is 0 Å². The number of halogens is 2. The summed E-state index contributed by atoms with van der Waals surface area (Å²) >= 11 is 9.26. The van der Waals surface area contributed by atoms with Crippen molar-refractivity contribution in [1.82, 2.24) is 0 Å². The van der Waals surface area contributed by atoms with Gasteiger partial charge in [-0.3, -0.25) is 0 Å². The molecule has 11 heavy (non-hydrogen) atoms. The first-order valence-electron chi connectivity index (χ1n) is 3.61. The minimum Gasteiger partial charge on any atom is -0.0876 e. The summed E-state index contributed by atoms with van der Waals surface area (Å²) in [6, 6.07) is 6.03. The Morgan fingerprint density at radius 3 is 2.64 bits per heavy atom. The number of rotatable bonds is 2. The van der Waals surface area contributed by atoms with Crippen molar-refractivity contribution in [1.29, 1.82) is 0 Å². The molecule has 0 radical (unpaired) electrons. The molecule has 0 saturated heterocycles. The summed E-state index contributed by atoms with van der Waals surface area (Å²) in [6.07, 6.45) is 1.07. The lowest BCUT2D eigenvalue weighted by molar-refractivity contribution is 1.28. The van der Waals surface area contributed by atoms with E-state index in [9.17, 15) is 0 Å². The molecule has 58 valence electrons. The van der Waals surface area contributed by atoms with E-state index in [0.717, 1.165) is 16.7 Å². The van der Waals surface area contributed by atoms with E-state index in [1.807, 2.05) is 12.1 Å². The number of hydrogen-bond acceptors (Lipinski definition) is 0. The number of hydrogen-bond donors (Lipinski definition) is 0. The van der Waals surface area contributed by atoms with Gasteiger partial charge < -0.3 is 0 Å². The van der Waals surface area contributed by atoms with E-state index >= 15 is 0 Å². The van der Waals surface area contributed by atoms with Gasteiger partial charge in [0.2, 0.25) is 0 Å². The first-order valence-corrected chi connectivity index (χ1v) is 5.11. The molecule has 0 bridgehead atoms. The van der Waals surface area contributed by atoms with Crippen molar-refractivity contribution in [2.75, 3.05) is 0 Å². The molecule has 0 aliphatic rings. The van der Waals surface area contributed by atoms with Crippen LogP contribution in [0, 0.1) is 0 Å². The molecule has 3 heteroatoms. The fraction of sp³-hybridized carbons (Fsp3) is 0.250. The van der Waals surface area contributed by atoms with Gasteiger partial charge in [0, 0.05) is 10.4 Å². The van der Waals surface area contributed by atoms with Crippen LogP contribution in [0.5, 0.6) is 0 Å². The van der Waals surface area contributed by atoms with Gasteiger partial charge in [0.1, 0.15) is 7.85 Å². The zero-order valence-electron chi connectivity index (χ0n) is 6.40. The molecule has 0 N–H and O–H groups in total. The molecule has 1 aromatic carbocycles. The van der Waals surface area contributed by atoms with Gasteiger partial charge in [0.05, 0.1) is 0 Å². The molecule has 0 aromatic heterocycles. The monoisotopic (exact) mass is 230 g/mol. The van der Waals surface area contributed by atoms with Gasteiger partial charge >= 0.3 is 0 Å². The molecular formula is C8H9BBrCl. The van der Waals surface area contributed by atoms with Crippen molar-refractivity contribution in [3.8, 4) is 0 Å². The highest BCUT2D eigenvalue weighted by Crippen LogP contribution is 2.18. The normalized spacial score (nSPS) is 10.0. The van der Waals surface area contributed by atoms with Crippen LogP contribution in [-0.4, -0.2) is 7.85 Å². The van der Waals surface area contributed by atoms with Gasteiger partial charge in [-0.15, -0.1) is 0 Å². The molecule has 0 fully saturated rings. The molecule has 1 aromatic rings. The molecule has 1 rings (SSSR count). The molecule has 0 spiro atoms. The van der Waals surface area contributed by atoms with Gasteiger partial charge in [0.15, 0.2) is 0 Å². The van der Waals surface area contributed by atoms with Crippen LogP contribution >= 0.6 is 27.5 Å². The van der Waals surface area contributed by atoms with Gasteiger partial charge in [-0.1, -0.05) is 45.5 Å². The van der Waals surface area contributed by atoms with E-state index in [1.165, 1.54) is 11.1 Å². The second-order valence-corrected chi connectivity index (χ2v) is 3.40. The molecule has 0 unspecified atom stereocenters. The minimum absolute atomic E-state index is 0.816. The van der Waals surface area contributed by atoms with Crippen molar-refractivity contribution in [3.63, 3.8) is 0 Å². The van der Waals surface area contributed by atoms with E-state index in [2.05, 4.69) is 29.8 Å². The smallest absolute Gasteiger partial charge is 0.0876 e. The first kappa shape index (κ1) is 9.15. The van der Waals surface area contributed by atoms with E-state index in [-0.39, 0.29) is 0 Å². The SMILES string of the molecule is BCc1ccc(Cl)cc1CBr. The summed E-state index contributed by atoms with van der Waals surface area (Å²) in [6.45, 7) is 0. The van der Waals surface area contributed by atoms with Crippen molar-refractivity contribution in [2.45, 2.75) is 11.7 Å². The van der Waals surface area contributed by atoms with Crippen molar-refractivity contribution < 1.29 is 0 Å². The number of benzene rings is 1. The third kappa shape index (κ3) is 2.24. The molecular weight excluding hydrogens is 222 g/mol. The minimum atomic E-state index is 0.816. The lowest BCUT2D eigenvalue weighted by atomic mass is 9.94. The van der Waals surface area contributed by atoms with Crippen LogP contribution in [0.15, 0.2) is 18.2 Å². The quantitative estimate of drug-likeness (QED) is 0.541. The Morgan fingerprint density at radius 2 is 2.09 bits per heavy atom. The molecule has 0 amide bonds. The topological polar surface area (TPSA) is 0 Å². The van der Waals surface area contributed by atoms with Crippen LogP contribution in [0.2, 0.25) is 5.02 Å². The highest BCUT2D eigenvalue weighted by Gasteiger charge is 1.98. The van der Waals surface area contributed by atoms with E-state index < -0.39 is 0 Å². The maximum Gasteiger partial charge on any atom is 0.107 e. The zero-order chi connectivity index (χ0) is 8.27. The average Bonchev–Trinajstić information content (AvgIpc) is 2.04. The third-order valence-electron chi connectivity index (χ3n) is 1.69. The van der Waals surface area contributed by atoms with Crippen LogP contribution in [0.3, 0.4) is 0 Å². The van der Waals surface area contributed by atoms with Crippen molar-refractivity contribution >= 4 is 35.4 Å². The second kappa shape index (κ2) is 4.17. The van der Waals surface area contributed by atoms with Gasteiger partial charge in [0.25, 0.3) is 0 Å². The summed E-state index contributed by atoms with van der Waals surface area (Å²) in [4.78, 5) is 0. The lowest BCUT2D eigenvalue weighted by Crippen LogP contribution is -1.90. The average molecular weight is 231 g/mol. The van der Waals surface area contributed by atoms with Crippen LogP contribution in [0.1, 0.15) is 11.1 Å². The third-order valence-corrected chi connectivity index (χ3v) is 2.53. The van der Waals surface area contributed by atoms with Crippen molar-refractivity contribution in [3.05, 3.63) is 34.3 Å². The maximum atomic E-state index is 5.83. The summed E-state index contributed by atoms with van der Waals surface area (Å²) in [5, 5.41) is 1.70. The van der Waals surface area contributed by atoms with E-state index in [0.29, 0.717) is 0 Å². The highest BCUT2D eigenvalue weighted by molar-refractivity contribution is 9.08. The molecule has 0 heterocycles. The van der Waals surface area contributed by atoms with E-state index in [1.54, 1.807) is 0 Å². The summed E-state index contributed by atoms with van der Waals surface area (Å²) < 4.78 is 0. The Kier molecular flexibility index (Phi) is 3.47. The predicted octanol–water partition coefficient (Wildman–Crippen LogP) is 2.37. The zero-order valence-corrected chi connectivity index (χ0v) is 8.74. The molecule has 0 aliphatic carbocycles. The molecule has 0 atom stereocenters. The fourth-order valence-electron chi connectivity index (χ4n) is 1.06. The Labute approximate surface area is 81.5 Å². The summed E-state index contributed by atoms with van der Waals surface area (Å²) in [5.74, 6) is 0. The molecule has 0 nitrogen and oxygen atoms in total. The Morgan fingerprint density at radius 1 is 1.36 bits per heavy atom. The fourth-order valence-corrected chi connectivity index (χ4v) is 1.78. The highest BCUT2D eigenvalue weighted by atomic mass is 79.9. The van der Waals surface area contributed by atoms with Gasteiger partial charge in [-0.05, 0) is 17.7 Å². The molecule has 0 saturated carbocycles. The number of alkyl halides is 1. The van der Waals surface area contributed by atoms with Gasteiger partial charge in [-0.2, -0.15) is 0 Å². The summed E-state index contributed by atoms with van der Waals surface area (Å²) in [5.41, 5.74) is 2.66. The van der Waals surface area contributed by atoms with Crippen LogP contribution in [-0.2, 0) is 11.7 Å². The van der Waals surface area contributed by atoms with Gasteiger partial charge in [-0.25, -0.2) is 0 Å². The second-order valence-electron chi connectivity index (χ2n) is 2.40. The lowest BCUT2D eigenvalue weighted by Gasteiger charge is -2.03. The molecule has 0 aliphatic heterocycles. The van der Waals surface area contributed by atoms with Crippen LogP contribution in [0.25, 0.3) is 0 Å². The van der Waals surface area contributed by atoms with Crippen molar-refractivity contribution in [2.24, 2.45) is 0 Å². The Balaban J connectivity index is 3.06. The Bertz CT molecular complexity index is 250. The predicted molar refractivity (Wildman–Crippen MR) is 56.3 cm³/mol. The maximum absolute atomic E-state index is 5.83. The largest absolute Gasteiger partial charge is 0.107 e. The first-order chi connectivity index (χ1) is 5.27. The standard InChI is InChI=1S/C8H9BBrCl/c9-4-6-1-2-8(11)3-7(6)5-10/h1-3H,4-5,9H2. The van der Waals surface area contributed by atoms with Crippen LogP contribution in [0.4, 0.5) is 0 Å². The van der Waals surface area contributed by atoms with E-state index in [4.69, 9.17) is 11.6 Å².